The molecule has 1 aromatic rings. The molecule has 1 saturated heterocycles. The Balaban J connectivity index is 1.69. The minimum atomic E-state index is -0.402. The average Bonchev–Trinajstić information content (AvgIpc) is 2.89. The lowest BCUT2D eigenvalue weighted by molar-refractivity contribution is -0.121. The fourth-order valence-electron chi connectivity index (χ4n) is 2.26. The van der Waals surface area contributed by atoms with Gasteiger partial charge in [-0.1, -0.05) is 30.3 Å². The van der Waals surface area contributed by atoms with Crippen LogP contribution in [0.3, 0.4) is 0 Å². The molecule has 2 atom stereocenters. The molecule has 108 valence electrons. The maximum Gasteiger partial charge on any atom is 0.220 e. The fraction of sp³-hybridized carbons (Fsp3) is 0.467. The Hall–Kier alpha value is -1.72. The third-order valence-corrected chi connectivity index (χ3v) is 3.54. The number of benzene rings is 1. The second kappa shape index (κ2) is 7.17. The molecule has 1 aliphatic heterocycles. The molecule has 5 heteroatoms. The van der Waals surface area contributed by atoms with Crippen molar-refractivity contribution in [3.63, 3.8) is 0 Å². The van der Waals surface area contributed by atoms with Gasteiger partial charge in [0.1, 0.15) is 0 Å². The number of nitrogens with one attached hydrogen (secondary N) is 2. The van der Waals surface area contributed by atoms with Gasteiger partial charge in [-0.05, 0) is 0 Å². The van der Waals surface area contributed by atoms with Crippen molar-refractivity contribution in [2.45, 2.75) is 18.9 Å². The lowest BCUT2D eigenvalue weighted by Crippen LogP contribution is -2.34. The molecule has 0 saturated carbocycles. The van der Waals surface area contributed by atoms with Gasteiger partial charge in [-0.25, -0.2) is 0 Å². The zero-order chi connectivity index (χ0) is 14.4. The highest BCUT2D eigenvalue weighted by Gasteiger charge is 2.24. The summed E-state index contributed by atoms with van der Waals surface area (Å²) in [6.07, 6.45) is -0.00748. The van der Waals surface area contributed by atoms with Gasteiger partial charge in [0, 0.05) is 44.0 Å². The highest BCUT2D eigenvalue weighted by atomic mass is 16.3. The van der Waals surface area contributed by atoms with Crippen LogP contribution in [0.15, 0.2) is 30.3 Å². The number of carbonyl (C=O) groups excluding carboxylic acids is 2. The van der Waals surface area contributed by atoms with E-state index in [-0.39, 0.29) is 30.4 Å². The minimum Gasteiger partial charge on any atom is -0.391 e. The second-order valence-corrected chi connectivity index (χ2v) is 5.08. The van der Waals surface area contributed by atoms with Crippen molar-refractivity contribution in [3.05, 3.63) is 35.9 Å². The van der Waals surface area contributed by atoms with Gasteiger partial charge in [0.2, 0.25) is 5.91 Å². The standard InChI is InChI=1S/C15H20N2O3/c18-13(11-4-2-1-3-5-11)6-7-15(20)17-9-12-8-16-10-14(12)19/h1-5,12,14,16,19H,6-10H2,(H,17,20). The number of aliphatic hydroxyl groups is 1. The number of hydrogen-bond acceptors (Lipinski definition) is 4. The Labute approximate surface area is 118 Å². The summed E-state index contributed by atoms with van der Waals surface area (Å²) in [5.74, 6) is -0.111. The molecule has 1 aliphatic rings. The first kappa shape index (κ1) is 14.7. The largest absolute Gasteiger partial charge is 0.391 e. The van der Waals surface area contributed by atoms with Crippen molar-refractivity contribution >= 4 is 11.7 Å². The van der Waals surface area contributed by atoms with Crippen LogP contribution in [0, 0.1) is 5.92 Å². The maximum absolute atomic E-state index is 11.8. The van der Waals surface area contributed by atoms with Gasteiger partial charge in [0.25, 0.3) is 0 Å². The van der Waals surface area contributed by atoms with Crippen molar-refractivity contribution in [1.29, 1.82) is 0 Å². The van der Waals surface area contributed by atoms with Crippen LogP contribution in [0.1, 0.15) is 23.2 Å². The molecule has 0 radical (unpaired) electrons. The quantitative estimate of drug-likeness (QED) is 0.655. The van der Waals surface area contributed by atoms with Gasteiger partial charge in [0.05, 0.1) is 6.10 Å². The fourth-order valence-corrected chi connectivity index (χ4v) is 2.26. The number of rotatable bonds is 6. The monoisotopic (exact) mass is 276 g/mol. The zero-order valence-electron chi connectivity index (χ0n) is 11.3. The van der Waals surface area contributed by atoms with E-state index in [2.05, 4.69) is 10.6 Å². The Morgan fingerprint density at radius 3 is 2.60 bits per heavy atom. The molecule has 1 heterocycles. The summed E-state index contributed by atoms with van der Waals surface area (Å²) in [5, 5.41) is 15.4. The van der Waals surface area contributed by atoms with Crippen molar-refractivity contribution in [2.75, 3.05) is 19.6 Å². The molecule has 3 N–H and O–H groups in total. The first-order valence-corrected chi connectivity index (χ1v) is 6.90. The maximum atomic E-state index is 11.8. The van der Waals surface area contributed by atoms with Crippen LogP contribution in [-0.2, 0) is 4.79 Å². The van der Waals surface area contributed by atoms with Crippen LogP contribution in [-0.4, -0.2) is 42.5 Å². The Kier molecular flexibility index (Phi) is 5.26. The summed E-state index contributed by atoms with van der Waals surface area (Å²) < 4.78 is 0. The van der Waals surface area contributed by atoms with E-state index in [9.17, 15) is 14.7 Å². The summed E-state index contributed by atoms with van der Waals surface area (Å²) in [6.45, 7) is 1.74. The van der Waals surface area contributed by atoms with Gasteiger partial charge in [-0.2, -0.15) is 0 Å². The predicted molar refractivity (Wildman–Crippen MR) is 75.4 cm³/mol. The summed E-state index contributed by atoms with van der Waals surface area (Å²) in [7, 11) is 0. The normalized spacial score (nSPS) is 21.6. The third kappa shape index (κ3) is 4.15. The van der Waals surface area contributed by atoms with Gasteiger partial charge >= 0.3 is 0 Å². The van der Waals surface area contributed by atoms with Crippen LogP contribution >= 0.6 is 0 Å². The van der Waals surface area contributed by atoms with E-state index in [0.717, 1.165) is 0 Å². The van der Waals surface area contributed by atoms with Gasteiger partial charge < -0.3 is 15.7 Å². The van der Waals surface area contributed by atoms with E-state index in [4.69, 9.17) is 0 Å². The zero-order valence-corrected chi connectivity index (χ0v) is 11.3. The van der Waals surface area contributed by atoms with E-state index in [1.54, 1.807) is 12.1 Å². The molecule has 0 aromatic heterocycles. The lowest BCUT2D eigenvalue weighted by atomic mass is 10.1. The summed E-state index contributed by atoms with van der Waals surface area (Å²) in [4.78, 5) is 23.5. The number of amides is 1. The third-order valence-electron chi connectivity index (χ3n) is 3.54. The number of ketones is 1. The Morgan fingerprint density at radius 1 is 1.20 bits per heavy atom. The van der Waals surface area contributed by atoms with E-state index >= 15 is 0 Å². The topological polar surface area (TPSA) is 78.4 Å². The van der Waals surface area contributed by atoms with Crippen molar-refractivity contribution in [2.24, 2.45) is 5.92 Å². The summed E-state index contributed by atoms with van der Waals surface area (Å²) >= 11 is 0. The minimum absolute atomic E-state index is 0.0247. The first-order chi connectivity index (χ1) is 9.66. The van der Waals surface area contributed by atoms with Crippen molar-refractivity contribution in [1.82, 2.24) is 10.6 Å². The van der Waals surface area contributed by atoms with Crippen molar-refractivity contribution in [3.8, 4) is 0 Å². The van der Waals surface area contributed by atoms with Gasteiger partial charge in [0.15, 0.2) is 5.78 Å². The molecule has 1 amide bonds. The molecule has 0 bridgehead atoms. The predicted octanol–water partition coefficient (Wildman–Crippen LogP) is 0.346. The van der Waals surface area contributed by atoms with Crippen LogP contribution in [0.4, 0.5) is 0 Å². The number of aliphatic hydroxyl groups excluding tert-OH is 1. The SMILES string of the molecule is O=C(CCC(=O)c1ccccc1)NCC1CNCC1O. The van der Waals surface area contributed by atoms with Gasteiger partial charge in [-0.3, -0.25) is 9.59 Å². The molecule has 20 heavy (non-hydrogen) atoms. The molecule has 0 aliphatic carbocycles. The van der Waals surface area contributed by atoms with E-state index < -0.39 is 6.10 Å². The number of Topliss-reactive ketones (excluding diaryl/α,β-unsaturated/α-hetero) is 1. The van der Waals surface area contributed by atoms with Crippen molar-refractivity contribution < 1.29 is 14.7 Å². The van der Waals surface area contributed by atoms with E-state index in [1.807, 2.05) is 18.2 Å². The van der Waals surface area contributed by atoms with Crippen LogP contribution in [0.2, 0.25) is 0 Å². The number of carbonyl (C=O) groups is 2. The average molecular weight is 276 g/mol. The Bertz CT molecular complexity index is 461. The molecule has 5 nitrogen and oxygen atoms in total. The second-order valence-electron chi connectivity index (χ2n) is 5.08. The molecule has 2 unspecified atom stereocenters. The first-order valence-electron chi connectivity index (χ1n) is 6.90. The highest BCUT2D eigenvalue weighted by Crippen LogP contribution is 2.08. The molecular weight excluding hydrogens is 256 g/mol. The van der Waals surface area contributed by atoms with Crippen LogP contribution < -0.4 is 10.6 Å². The smallest absolute Gasteiger partial charge is 0.220 e. The van der Waals surface area contributed by atoms with E-state index in [1.165, 1.54) is 0 Å². The molecule has 0 spiro atoms. The number of hydrogen-bond donors (Lipinski definition) is 3. The molecule has 1 aromatic carbocycles. The molecule has 1 fully saturated rings. The summed E-state index contributed by atoms with van der Waals surface area (Å²) in [5.41, 5.74) is 0.635. The van der Waals surface area contributed by atoms with Gasteiger partial charge in [-0.15, -0.1) is 0 Å². The highest BCUT2D eigenvalue weighted by molar-refractivity contribution is 5.97. The van der Waals surface area contributed by atoms with Crippen LogP contribution in [0.5, 0.6) is 0 Å². The summed E-state index contributed by atoms with van der Waals surface area (Å²) in [6, 6.07) is 8.97. The molecule has 2 rings (SSSR count). The lowest BCUT2D eigenvalue weighted by Gasteiger charge is -2.13. The Morgan fingerprint density at radius 2 is 1.95 bits per heavy atom. The number of β-amino-alcohol motifs (C(OH)–C–C–N with tert-alkyl or cyclic N) is 1. The van der Waals surface area contributed by atoms with Crippen LogP contribution in [0.25, 0.3) is 0 Å². The molecular formula is C15H20N2O3. The van der Waals surface area contributed by atoms with E-state index in [0.29, 0.717) is 25.2 Å².